The summed E-state index contributed by atoms with van der Waals surface area (Å²) in [5, 5.41) is 162. The van der Waals surface area contributed by atoms with Crippen molar-refractivity contribution in [3.63, 3.8) is 0 Å². The Bertz CT molecular complexity index is 1250. The van der Waals surface area contributed by atoms with Crippen LogP contribution in [-0.4, -0.2) is 292 Å². The molecule has 4 fully saturated rings. The highest BCUT2D eigenvalue weighted by molar-refractivity contribution is 8.00. The van der Waals surface area contributed by atoms with E-state index in [0.29, 0.717) is 36.5 Å². The maximum absolute atomic E-state index is 10.9. The van der Waals surface area contributed by atoms with Crippen LogP contribution in [0.2, 0.25) is 0 Å². The van der Waals surface area contributed by atoms with Crippen LogP contribution in [0, 0.1) is 5.41 Å². The molecular weight excluding hydrogens is 937 g/mol. The average molecular weight is 1010 g/mol. The van der Waals surface area contributed by atoms with Gasteiger partial charge in [-0.2, -0.15) is 0 Å². The zero-order chi connectivity index (χ0) is 47.8. The van der Waals surface area contributed by atoms with E-state index >= 15 is 0 Å². The Morgan fingerprint density at radius 1 is 0.385 bits per heavy atom. The molecule has 24 nitrogen and oxygen atoms in total. The standard InChI is InChI=1S/C38H70O24S3/c39-10-18-22(44)25(47)29(51)34(58-18)62-33-21(13-42)61-37(32(54)28(33)50)65-9-3-6-57-17-38(14-43,15-55-4-1-7-63-35-30(52)26(48)23(45)19(11-40)59-35)16-56-5-2-8-64-36-31(53)27(49)24(46)20(12-41)60-36/h18-37,39-54H,1-17H2/t18-,19-,20-,21-,22+,23-,24-,25+,26+,27+,28-,29-,30+,31+,32-,33-,34+,35+,36+,37+/m1/s1. The van der Waals surface area contributed by atoms with Crippen LogP contribution in [0.4, 0.5) is 0 Å². The minimum atomic E-state index is -1.79. The highest BCUT2D eigenvalue weighted by Gasteiger charge is 2.51. The fourth-order valence-corrected chi connectivity index (χ4v) is 10.6. The van der Waals surface area contributed by atoms with Crippen molar-refractivity contribution in [2.75, 3.05) is 89.9 Å². The van der Waals surface area contributed by atoms with E-state index in [0.717, 1.165) is 11.8 Å². The molecule has 0 aromatic carbocycles. The molecule has 0 spiro atoms. The van der Waals surface area contributed by atoms with Gasteiger partial charge in [0, 0.05) is 19.8 Å². The molecule has 0 radical (unpaired) electrons. The minimum Gasteiger partial charge on any atom is -0.396 e. The number of hydrogen-bond acceptors (Lipinski definition) is 27. The molecule has 384 valence electrons. The molecule has 4 aliphatic rings. The van der Waals surface area contributed by atoms with E-state index in [1.807, 2.05) is 0 Å². The predicted molar refractivity (Wildman–Crippen MR) is 227 cm³/mol. The second-order valence-corrected chi connectivity index (χ2v) is 20.0. The number of hydrogen-bond donors (Lipinski definition) is 16. The molecule has 0 unspecified atom stereocenters. The maximum atomic E-state index is 10.9. The zero-order valence-corrected chi connectivity index (χ0v) is 38.2. The van der Waals surface area contributed by atoms with Gasteiger partial charge in [0.15, 0.2) is 6.29 Å². The summed E-state index contributed by atoms with van der Waals surface area (Å²) in [7, 11) is 0. The molecule has 4 rings (SSSR count). The Kier molecular flexibility index (Phi) is 25.6. The summed E-state index contributed by atoms with van der Waals surface area (Å²) < 4.78 is 45.7. The molecule has 65 heavy (non-hydrogen) atoms. The van der Waals surface area contributed by atoms with Gasteiger partial charge >= 0.3 is 0 Å². The lowest BCUT2D eigenvalue weighted by molar-refractivity contribution is -0.338. The second kappa shape index (κ2) is 28.8. The molecule has 16 N–H and O–H groups in total. The minimum absolute atomic E-state index is 0.00249. The molecule has 0 aliphatic carbocycles. The summed E-state index contributed by atoms with van der Waals surface area (Å²) in [4.78, 5) is 0. The first-order chi connectivity index (χ1) is 31.1. The van der Waals surface area contributed by atoms with Crippen molar-refractivity contribution in [1.29, 1.82) is 0 Å². The van der Waals surface area contributed by atoms with Crippen LogP contribution >= 0.6 is 35.3 Å². The number of rotatable bonds is 28. The van der Waals surface area contributed by atoms with Crippen LogP contribution in [0.15, 0.2) is 0 Å². The SMILES string of the molecule is OC[C@H]1O[C@@H](O[C@H]2[C@H](O)[C@@H](O)[C@H](SCCCOCC(CO)(COCCCS[C@@H]3O[C@H](CO)[C@@H](O)[C@H](O)[C@@H]3O)COCCCS[C@@H]3O[C@H](CO)[C@@H](O)[C@H](O)[C@@H]3O)O[C@@H]2CO)[C@H](O)[C@@H](O)[C@H]1O. The van der Waals surface area contributed by atoms with Crippen LogP contribution < -0.4 is 0 Å². The van der Waals surface area contributed by atoms with Crippen LogP contribution in [0.5, 0.6) is 0 Å². The fraction of sp³-hybridized carbons (Fsp3) is 1.00. The maximum Gasteiger partial charge on any atom is 0.187 e. The first-order valence-electron chi connectivity index (χ1n) is 21.5. The molecule has 4 aliphatic heterocycles. The lowest BCUT2D eigenvalue weighted by Gasteiger charge is -2.46. The van der Waals surface area contributed by atoms with Crippen molar-refractivity contribution in [1.82, 2.24) is 0 Å². The van der Waals surface area contributed by atoms with Gasteiger partial charge in [-0.25, -0.2) is 0 Å². The molecule has 0 aromatic rings. The highest BCUT2D eigenvalue weighted by atomic mass is 32.2. The molecule has 0 bridgehead atoms. The van der Waals surface area contributed by atoms with E-state index in [4.69, 9.17) is 37.9 Å². The van der Waals surface area contributed by atoms with Crippen LogP contribution in [-0.2, 0) is 37.9 Å². The predicted octanol–water partition coefficient (Wildman–Crippen LogP) is -7.39. The van der Waals surface area contributed by atoms with Crippen molar-refractivity contribution >= 4 is 35.3 Å². The average Bonchev–Trinajstić information content (AvgIpc) is 3.31. The Hall–Kier alpha value is 0.0900. The van der Waals surface area contributed by atoms with E-state index < -0.39 is 159 Å². The lowest BCUT2D eigenvalue weighted by Crippen LogP contribution is -2.64. The summed E-state index contributed by atoms with van der Waals surface area (Å²) in [5.41, 5.74) is -3.87. The lowest BCUT2D eigenvalue weighted by atomic mass is 9.92. The van der Waals surface area contributed by atoms with Crippen molar-refractivity contribution in [3.8, 4) is 0 Å². The number of aliphatic hydroxyl groups is 16. The summed E-state index contributed by atoms with van der Waals surface area (Å²) in [5.74, 6) is 1.15. The molecule has 20 atom stereocenters. The summed E-state index contributed by atoms with van der Waals surface area (Å²) >= 11 is 3.46. The van der Waals surface area contributed by atoms with Crippen molar-refractivity contribution in [2.45, 2.75) is 140 Å². The number of thioether (sulfide) groups is 3. The van der Waals surface area contributed by atoms with E-state index in [1.165, 1.54) is 23.5 Å². The molecular formula is C38H70O24S3. The molecule has 4 saturated heterocycles. The monoisotopic (exact) mass is 1010 g/mol. The number of aliphatic hydroxyl groups excluding tert-OH is 16. The van der Waals surface area contributed by atoms with Crippen molar-refractivity contribution < 1.29 is 120 Å². The van der Waals surface area contributed by atoms with E-state index in [9.17, 15) is 81.7 Å². The van der Waals surface area contributed by atoms with Gasteiger partial charge < -0.3 is 120 Å². The molecule has 27 heteroatoms. The Labute approximate surface area is 388 Å². The third-order valence-corrected chi connectivity index (χ3v) is 15.1. The van der Waals surface area contributed by atoms with Gasteiger partial charge in [-0.15, -0.1) is 35.3 Å². The summed E-state index contributed by atoms with van der Waals surface area (Å²) in [6.07, 6.45) is -23.4. The fourth-order valence-electron chi connectivity index (χ4n) is 7.31. The second-order valence-electron chi connectivity index (χ2n) is 16.4. The van der Waals surface area contributed by atoms with E-state index in [1.54, 1.807) is 0 Å². The van der Waals surface area contributed by atoms with Gasteiger partial charge in [0.05, 0.1) is 58.3 Å². The number of ether oxygens (including phenoxy) is 8. The van der Waals surface area contributed by atoms with Gasteiger partial charge in [-0.1, -0.05) is 0 Å². The summed E-state index contributed by atoms with van der Waals surface area (Å²) in [6, 6.07) is 0. The summed E-state index contributed by atoms with van der Waals surface area (Å²) in [6.45, 7) is -2.33. The normalized spacial score (nSPS) is 40.6. The van der Waals surface area contributed by atoms with Gasteiger partial charge in [0.2, 0.25) is 0 Å². The van der Waals surface area contributed by atoms with Gasteiger partial charge in [0.1, 0.15) is 114 Å². The van der Waals surface area contributed by atoms with Crippen LogP contribution in [0.25, 0.3) is 0 Å². The quantitative estimate of drug-likeness (QED) is 0.0324. The van der Waals surface area contributed by atoms with Crippen molar-refractivity contribution in [3.05, 3.63) is 0 Å². The Morgan fingerprint density at radius 2 is 0.723 bits per heavy atom. The smallest absolute Gasteiger partial charge is 0.187 e. The Morgan fingerprint density at radius 3 is 1.09 bits per heavy atom. The third-order valence-electron chi connectivity index (χ3n) is 11.4. The van der Waals surface area contributed by atoms with Gasteiger partial charge in [-0.05, 0) is 36.5 Å². The molecule has 0 amide bonds. The van der Waals surface area contributed by atoms with E-state index in [-0.39, 0.29) is 39.6 Å². The van der Waals surface area contributed by atoms with E-state index in [2.05, 4.69) is 0 Å². The molecule has 4 heterocycles. The largest absolute Gasteiger partial charge is 0.396 e. The third kappa shape index (κ3) is 15.8. The van der Waals surface area contributed by atoms with Crippen LogP contribution in [0.1, 0.15) is 19.3 Å². The first kappa shape index (κ1) is 57.7. The molecule has 0 aromatic heterocycles. The Balaban J connectivity index is 1.24. The molecule has 0 saturated carbocycles. The van der Waals surface area contributed by atoms with Gasteiger partial charge in [0.25, 0.3) is 0 Å². The zero-order valence-electron chi connectivity index (χ0n) is 35.7. The van der Waals surface area contributed by atoms with Crippen molar-refractivity contribution in [2.24, 2.45) is 5.41 Å². The highest BCUT2D eigenvalue weighted by Crippen LogP contribution is 2.34. The van der Waals surface area contributed by atoms with Crippen LogP contribution in [0.3, 0.4) is 0 Å². The first-order valence-corrected chi connectivity index (χ1v) is 24.6. The van der Waals surface area contributed by atoms with Gasteiger partial charge in [-0.3, -0.25) is 0 Å². The topological polar surface area (TPSA) is 398 Å².